The molecule has 0 amide bonds. The first-order valence-electron chi connectivity index (χ1n) is 5.06. The molecule has 0 saturated heterocycles. The summed E-state index contributed by atoms with van der Waals surface area (Å²) in [5.74, 6) is 1.92. The molecule has 1 aromatic heterocycles. The van der Waals surface area contributed by atoms with Crippen LogP contribution >= 0.6 is 0 Å². The third kappa shape index (κ3) is 1.98. The van der Waals surface area contributed by atoms with E-state index in [0.717, 1.165) is 11.4 Å². The summed E-state index contributed by atoms with van der Waals surface area (Å²) < 4.78 is 5.29. The van der Waals surface area contributed by atoms with Gasteiger partial charge in [0.15, 0.2) is 17.3 Å². The Hall–Kier alpha value is -2.04. The second-order valence-corrected chi connectivity index (χ2v) is 3.36. The Bertz CT molecular complexity index is 494. The van der Waals surface area contributed by atoms with Gasteiger partial charge in [-0.05, 0) is 32.0 Å². The summed E-state index contributed by atoms with van der Waals surface area (Å²) in [6.45, 7) is 4.20. The molecule has 2 aromatic rings. The van der Waals surface area contributed by atoms with Crippen molar-refractivity contribution in [2.24, 2.45) is 0 Å². The van der Waals surface area contributed by atoms with Crippen LogP contribution in [0.15, 0.2) is 18.2 Å². The van der Waals surface area contributed by atoms with Crippen molar-refractivity contribution >= 4 is 0 Å². The monoisotopic (exact) mass is 219 g/mol. The van der Waals surface area contributed by atoms with Gasteiger partial charge in [-0.1, -0.05) is 0 Å². The maximum absolute atomic E-state index is 9.54. The summed E-state index contributed by atoms with van der Waals surface area (Å²) in [6, 6.07) is 5.05. The zero-order valence-corrected chi connectivity index (χ0v) is 9.19. The topological polar surface area (TPSA) is 71.0 Å². The molecule has 0 aliphatic heterocycles. The molecular formula is C11H13N3O2. The predicted molar refractivity (Wildman–Crippen MR) is 59.4 cm³/mol. The number of rotatable bonds is 3. The summed E-state index contributed by atoms with van der Waals surface area (Å²) in [7, 11) is 0. The van der Waals surface area contributed by atoms with Crippen LogP contribution in [0.3, 0.4) is 0 Å². The van der Waals surface area contributed by atoms with Crippen molar-refractivity contribution in [2.45, 2.75) is 13.8 Å². The van der Waals surface area contributed by atoms with Crippen LogP contribution < -0.4 is 4.74 Å². The van der Waals surface area contributed by atoms with E-state index in [-0.39, 0.29) is 5.75 Å². The molecule has 0 saturated carbocycles. The number of benzene rings is 1. The molecule has 5 heteroatoms. The van der Waals surface area contributed by atoms with Crippen LogP contribution in [0.5, 0.6) is 11.5 Å². The number of phenolic OH excluding ortho intramolecular Hbond substituents is 1. The van der Waals surface area contributed by atoms with Crippen LogP contribution in [0.4, 0.5) is 0 Å². The highest BCUT2D eigenvalue weighted by Gasteiger charge is 2.08. The van der Waals surface area contributed by atoms with Gasteiger partial charge in [0.1, 0.15) is 5.82 Å². The lowest BCUT2D eigenvalue weighted by Crippen LogP contribution is -1.92. The molecule has 0 atom stereocenters. The lowest BCUT2D eigenvalue weighted by atomic mass is 10.2. The van der Waals surface area contributed by atoms with Crippen molar-refractivity contribution in [1.82, 2.24) is 15.2 Å². The minimum Gasteiger partial charge on any atom is -0.504 e. The molecule has 0 fully saturated rings. The SMILES string of the molecule is CCOc1cc(-c2n[nH]c(C)n2)ccc1O. The summed E-state index contributed by atoms with van der Waals surface area (Å²) in [5, 5.41) is 16.4. The number of H-pyrrole nitrogens is 1. The van der Waals surface area contributed by atoms with Crippen LogP contribution in [0.25, 0.3) is 11.4 Å². The summed E-state index contributed by atoms with van der Waals surface area (Å²) >= 11 is 0. The quantitative estimate of drug-likeness (QED) is 0.826. The fourth-order valence-corrected chi connectivity index (χ4v) is 1.40. The molecule has 0 spiro atoms. The van der Waals surface area contributed by atoms with Crippen molar-refractivity contribution < 1.29 is 9.84 Å². The molecule has 1 aromatic carbocycles. The zero-order valence-electron chi connectivity index (χ0n) is 9.19. The molecule has 2 N–H and O–H groups in total. The Morgan fingerprint density at radius 3 is 2.88 bits per heavy atom. The van der Waals surface area contributed by atoms with Crippen molar-refractivity contribution in [3.63, 3.8) is 0 Å². The molecular weight excluding hydrogens is 206 g/mol. The average molecular weight is 219 g/mol. The first-order valence-corrected chi connectivity index (χ1v) is 5.06. The van der Waals surface area contributed by atoms with Gasteiger partial charge in [0.25, 0.3) is 0 Å². The largest absolute Gasteiger partial charge is 0.504 e. The standard InChI is InChI=1S/C11H13N3O2/c1-3-16-10-6-8(4-5-9(10)15)11-12-7(2)13-14-11/h4-6,15H,3H2,1-2H3,(H,12,13,14). The van der Waals surface area contributed by atoms with Crippen molar-refractivity contribution in [3.8, 4) is 22.9 Å². The summed E-state index contributed by atoms with van der Waals surface area (Å²) in [4.78, 5) is 4.21. The smallest absolute Gasteiger partial charge is 0.181 e. The molecule has 0 aliphatic carbocycles. The number of aromatic amines is 1. The third-order valence-corrected chi connectivity index (χ3v) is 2.12. The van der Waals surface area contributed by atoms with Gasteiger partial charge in [0, 0.05) is 5.56 Å². The second kappa shape index (κ2) is 4.22. The lowest BCUT2D eigenvalue weighted by Gasteiger charge is -2.06. The number of nitrogens with zero attached hydrogens (tertiary/aromatic N) is 2. The maximum atomic E-state index is 9.54. The number of nitrogens with one attached hydrogen (secondary N) is 1. The number of ether oxygens (including phenoxy) is 1. The number of hydrogen-bond acceptors (Lipinski definition) is 4. The van der Waals surface area contributed by atoms with Crippen LogP contribution in [-0.4, -0.2) is 26.9 Å². The molecule has 84 valence electrons. The predicted octanol–water partition coefficient (Wildman–Crippen LogP) is 1.88. The Balaban J connectivity index is 2.39. The minimum atomic E-state index is 0.123. The number of phenols is 1. The van der Waals surface area contributed by atoms with Crippen LogP contribution in [0, 0.1) is 6.92 Å². The van der Waals surface area contributed by atoms with Gasteiger partial charge in [-0.2, -0.15) is 5.10 Å². The highest BCUT2D eigenvalue weighted by molar-refractivity contribution is 5.60. The maximum Gasteiger partial charge on any atom is 0.181 e. The van der Waals surface area contributed by atoms with E-state index in [9.17, 15) is 5.11 Å². The average Bonchev–Trinajstić information content (AvgIpc) is 2.69. The fourth-order valence-electron chi connectivity index (χ4n) is 1.40. The summed E-state index contributed by atoms with van der Waals surface area (Å²) in [5.41, 5.74) is 0.811. The van der Waals surface area contributed by atoms with E-state index in [1.807, 2.05) is 13.8 Å². The molecule has 1 heterocycles. The Kier molecular flexibility index (Phi) is 2.76. The Morgan fingerprint density at radius 1 is 1.44 bits per heavy atom. The van der Waals surface area contributed by atoms with Crippen molar-refractivity contribution in [3.05, 3.63) is 24.0 Å². The van der Waals surface area contributed by atoms with Gasteiger partial charge in [-0.3, -0.25) is 5.10 Å². The molecule has 16 heavy (non-hydrogen) atoms. The molecule has 0 radical (unpaired) electrons. The molecule has 2 rings (SSSR count). The van der Waals surface area contributed by atoms with Gasteiger partial charge in [0.2, 0.25) is 0 Å². The second-order valence-electron chi connectivity index (χ2n) is 3.36. The number of aromatic nitrogens is 3. The van der Waals surface area contributed by atoms with Gasteiger partial charge < -0.3 is 9.84 Å². The molecule has 5 nitrogen and oxygen atoms in total. The highest BCUT2D eigenvalue weighted by Crippen LogP contribution is 2.30. The van der Waals surface area contributed by atoms with E-state index in [4.69, 9.17) is 4.74 Å². The van der Waals surface area contributed by atoms with Gasteiger partial charge in [0.05, 0.1) is 6.61 Å². The summed E-state index contributed by atoms with van der Waals surface area (Å²) in [6.07, 6.45) is 0. The van der Waals surface area contributed by atoms with E-state index in [2.05, 4.69) is 15.2 Å². The third-order valence-electron chi connectivity index (χ3n) is 2.12. The molecule has 0 aliphatic rings. The van der Waals surface area contributed by atoms with E-state index < -0.39 is 0 Å². The molecule has 0 unspecified atom stereocenters. The lowest BCUT2D eigenvalue weighted by molar-refractivity contribution is 0.318. The van der Waals surface area contributed by atoms with Crippen molar-refractivity contribution in [2.75, 3.05) is 6.61 Å². The van der Waals surface area contributed by atoms with Gasteiger partial charge >= 0.3 is 0 Å². The zero-order chi connectivity index (χ0) is 11.5. The Labute approximate surface area is 93.1 Å². The fraction of sp³-hybridized carbons (Fsp3) is 0.273. The van der Waals surface area contributed by atoms with Gasteiger partial charge in [-0.25, -0.2) is 4.98 Å². The van der Waals surface area contributed by atoms with Crippen LogP contribution in [-0.2, 0) is 0 Å². The van der Waals surface area contributed by atoms with Crippen LogP contribution in [0.1, 0.15) is 12.7 Å². The Morgan fingerprint density at radius 2 is 2.25 bits per heavy atom. The minimum absolute atomic E-state index is 0.123. The first kappa shape index (κ1) is 10.5. The van der Waals surface area contributed by atoms with E-state index in [1.165, 1.54) is 0 Å². The number of hydrogen-bond donors (Lipinski definition) is 2. The van der Waals surface area contributed by atoms with E-state index in [0.29, 0.717) is 18.2 Å². The van der Waals surface area contributed by atoms with Gasteiger partial charge in [-0.15, -0.1) is 0 Å². The van der Waals surface area contributed by atoms with E-state index in [1.54, 1.807) is 18.2 Å². The first-order chi connectivity index (χ1) is 7.70. The highest BCUT2D eigenvalue weighted by atomic mass is 16.5. The van der Waals surface area contributed by atoms with Crippen molar-refractivity contribution in [1.29, 1.82) is 0 Å². The number of aryl methyl sites for hydroxylation is 1. The normalized spacial score (nSPS) is 10.4. The molecule has 0 bridgehead atoms. The van der Waals surface area contributed by atoms with E-state index >= 15 is 0 Å². The number of aromatic hydroxyl groups is 1. The van der Waals surface area contributed by atoms with Crippen LogP contribution in [0.2, 0.25) is 0 Å².